The first-order chi connectivity index (χ1) is 11.1. The summed E-state index contributed by atoms with van der Waals surface area (Å²) in [5, 5.41) is 4.79. The number of hydrogen-bond donors (Lipinski definition) is 1. The van der Waals surface area contributed by atoms with E-state index >= 15 is 0 Å². The number of anilines is 1. The lowest BCUT2D eigenvalue weighted by atomic mass is 10.2. The molecule has 3 aromatic rings. The molecule has 114 valence electrons. The van der Waals surface area contributed by atoms with Gasteiger partial charge in [0.2, 0.25) is 5.91 Å². The number of aromatic nitrogens is 1. The number of para-hydroxylation sites is 1. The molecule has 0 spiro atoms. The summed E-state index contributed by atoms with van der Waals surface area (Å²) in [7, 11) is 0. The van der Waals surface area contributed by atoms with E-state index in [2.05, 4.69) is 10.3 Å². The molecule has 0 atom stereocenters. The second kappa shape index (κ2) is 6.82. The molecule has 1 N–H and O–H groups in total. The molecule has 0 saturated heterocycles. The Bertz CT molecular complexity index is 906. The standard InChI is InChI=1S/C18H12Cl2N2O/c19-14-7-5-12(16(20)10-14)6-8-18(23)22-15-9-13-3-1-2-4-17(13)21-11-15/h1-11H,(H,22,23). The normalized spacial score (nSPS) is 11.0. The second-order valence-electron chi connectivity index (χ2n) is 4.91. The molecule has 3 nitrogen and oxygen atoms in total. The SMILES string of the molecule is O=C(C=Cc1ccc(Cl)cc1Cl)Nc1cnc2ccccc2c1. The van der Waals surface area contributed by atoms with Gasteiger partial charge in [-0.1, -0.05) is 47.5 Å². The number of nitrogens with zero attached hydrogens (tertiary/aromatic N) is 1. The van der Waals surface area contributed by atoms with Crippen molar-refractivity contribution in [3.05, 3.63) is 76.4 Å². The summed E-state index contributed by atoms with van der Waals surface area (Å²) >= 11 is 11.9. The molecule has 0 aliphatic carbocycles. The second-order valence-corrected chi connectivity index (χ2v) is 5.75. The number of benzene rings is 2. The van der Waals surface area contributed by atoms with Crippen LogP contribution in [0, 0.1) is 0 Å². The summed E-state index contributed by atoms with van der Waals surface area (Å²) in [6, 6.07) is 14.7. The highest BCUT2D eigenvalue weighted by molar-refractivity contribution is 6.35. The van der Waals surface area contributed by atoms with E-state index in [0.29, 0.717) is 15.7 Å². The molecule has 0 radical (unpaired) electrons. The van der Waals surface area contributed by atoms with Crippen LogP contribution in [0.2, 0.25) is 10.0 Å². The van der Waals surface area contributed by atoms with Crippen molar-refractivity contribution in [2.45, 2.75) is 0 Å². The number of fused-ring (bicyclic) bond motifs is 1. The van der Waals surface area contributed by atoms with Crippen LogP contribution < -0.4 is 5.32 Å². The van der Waals surface area contributed by atoms with Crippen LogP contribution in [0.4, 0.5) is 5.69 Å². The number of halogens is 2. The Morgan fingerprint density at radius 1 is 1.09 bits per heavy atom. The van der Waals surface area contributed by atoms with Crippen molar-refractivity contribution >= 4 is 51.8 Å². The molecule has 23 heavy (non-hydrogen) atoms. The highest BCUT2D eigenvalue weighted by atomic mass is 35.5. The van der Waals surface area contributed by atoms with Gasteiger partial charge in [0.25, 0.3) is 0 Å². The minimum absolute atomic E-state index is 0.256. The molecule has 1 heterocycles. The Morgan fingerprint density at radius 2 is 1.91 bits per heavy atom. The monoisotopic (exact) mass is 342 g/mol. The lowest BCUT2D eigenvalue weighted by molar-refractivity contribution is -0.111. The van der Waals surface area contributed by atoms with Gasteiger partial charge in [-0.15, -0.1) is 0 Å². The van der Waals surface area contributed by atoms with Crippen LogP contribution in [-0.4, -0.2) is 10.9 Å². The number of nitrogens with one attached hydrogen (secondary N) is 1. The molecule has 0 aliphatic heterocycles. The van der Waals surface area contributed by atoms with Gasteiger partial charge >= 0.3 is 0 Å². The molecule has 0 aliphatic rings. The zero-order valence-corrected chi connectivity index (χ0v) is 13.5. The van der Waals surface area contributed by atoms with Crippen molar-refractivity contribution in [1.29, 1.82) is 0 Å². The third-order valence-corrected chi connectivity index (χ3v) is 3.80. The zero-order chi connectivity index (χ0) is 16.2. The van der Waals surface area contributed by atoms with E-state index < -0.39 is 0 Å². The van der Waals surface area contributed by atoms with Gasteiger partial charge in [0, 0.05) is 21.5 Å². The van der Waals surface area contributed by atoms with Crippen molar-refractivity contribution in [1.82, 2.24) is 4.98 Å². The maximum Gasteiger partial charge on any atom is 0.248 e. The third kappa shape index (κ3) is 3.89. The van der Waals surface area contributed by atoms with Gasteiger partial charge in [-0.3, -0.25) is 9.78 Å². The van der Waals surface area contributed by atoms with Gasteiger partial charge in [0.1, 0.15) is 0 Å². The fourth-order valence-electron chi connectivity index (χ4n) is 2.13. The maximum atomic E-state index is 12.0. The smallest absolute Gasteiger partial charge is 0.248 e. The molecule has 0 saturated carbocycles. The fraction of sp³-hybridized carbons (Fsp3) is 0. The average molecular weight is 343 g/mol. The number of carbonyl (C=O) groups is 1. The molecule has 5 heteroatoms. The lowest BCUT2D eigenvalue weighted by Crippen LogP contribution is -2.07. The fourth-order valence-corrected chi connectivity index (χ4v) is 2.60. The van der Waals surface area contributed by atoms with E-state index in [0.717, 1.165) is 16.5 Å². The zero-order valence-electron chi connectivity index (χ0n) is 12.0. The molecular formula is C18H12Cl2N2O. The van der Waals surface area contributed by atoms with Gasteiger partial charge in [-0.2, -0.15) is 0 Å². The van der Waals surface area contributed by atoms with Gasteiger partial charge in [-0.25, -0.2) is 0 Å². The Hall–Kier alpha value is -2.36. The first-order valence-electron chi connectivity index (χ1n) is 6.91. The molecule has 0 unspecified atom stereocenters. The Kier molecular flexibility index (Phi) is 4.60. The van der Waals surface area contributed by atoms with Crippen LogP contribution in [-0.2, 0) is 4.79 Å². The molecule has 2 aromatic carbocycles. The summed E-state index contributed by atoms with van der Waals surface area (Å²) in [5.74, 6) is -0.256. The van der Waals surface area contributed by atoms with Crippen molar-refractivity contribution in [3.63, 3.8) is 0 Å². The number of carbonyl (C=O) groups excluding carboxylic acids is 1. The third-order valence-electron chi connectivity index (χ3n) is 3.23. The summed E-state index contributed by atoms with van der Waals surface area (Å²) in [5.41, 5.74) is 2.25. The summed E-state index contributed by atoms with van der Waals surface area (Å²) in [4.78, 5) is 16.3. The van der Waals surface area contributed by atoms with Crippen LogP contribution in [0.25, 0.3) is 17.0 Å². The van der Waals surface area contributed by atoms with Crippen LogP contribution in [0.15, 0.2) is 60.8 Å². The van der Waals surface area contributed by atoms with Crippen molar-refractivity contribution in [3.8, 4) is 0 Å². The van der Waals surface area contributed by atoms with Crippen molar-refractivity contribution in [2.75, 3.05) is 5.32 Å². The molecule has 1 amide bonds. The topological polar surface area (TPSA) is 42.0 Å². The molecular weight excluding hydrogens is 331 g/mol. The van der Waals surface area contributed by atoms with Crippen LogP contribution >= 0.6 is 23.2 Å². The first-order valence-corrected chi connectivity index (χ1v) is 7.66. The lowest BCUT2D eigenvalue weighted by Gasteiger charge is -2.04. The van der Waals surface area contributed by atoms with Crippen LogP contribution in [0.5, 0.6) is 0 Å². The predicted octanol–water partition coefficient (Wildman–Crippen LogP) is 5.19. The molecule has 3 rings (SSSR count). The van der Waals surface area contributed by atoms with E-state index in [4.69, 9.17) is 23.2 Å². The number of rotatable bonds is 3. The Labute approximate surface area is 143 Å². The molecule has 1 aromatic heterocycles. The Balaban J connectivity index is 1.74. The highest BCUT2D eigenvalue weighted by Crippen LogP contribution is 2.22. The van der Waals surface area contributed by atoms with E-state index in [1.54, 1.807) is 30.5 Å². The molecule has 0 bridgehead atoms. The van der Waals surface area contributed by atoms with Crippen LogP contribution in [0.3, 0.4) is 0 Å². The van der Waals surface area contributed by atoms with Gasteiger partial charge in [0.05, 0.1) is 17.4 Å². The number of amides is 1. The first kappa shape index (κ1) is 15.5. The van der Waals surface area contributed by atoms with E-state index in [1.807, 2.05) is 30.3 Å². The predicted molar refractivity (Wildman–Crippen MR) is 95.9 cm³/mol. The van der Waals surface area contributed by atoms with Gasteiger partial charge < -0.3 is 5.32 Å². The van der Waals surface area contributed by atoms with Gasteiger partial charge in [0.15, 0.2) is 0 Å². The highest BCUT2D eigenvalue weighted by Gasteiger charge is 2.02. The number of hydrogen-bond acceptors (Lipinski definition) is 2. The minimum Gasteiger partial charge on any atom is -0.321 e. The summed E-state index contributed by atoms with van der Waals surface area (Å²) < 4.78 is 0. The average Bonchev–Trinajstić information content (AvgIpc) is 2.54. The molecule has 0 fully saturated rings. The maximum absolute atomic E-state index is 12.0. The van der Waals surface area contributed by atoms with E-state index in [1.165, 1.54) is 6.08 Å². The van der Waals surface area contributed by atoms with Crippen LogP contribution in [0.1, 0.15) is 5.56 Å². The quantitative estimate of drug-likeness (QED) is 0.665. The largest absolute Gasteiger partial charge is 0.321 e. The summed E-state index contributed by atoms with van der Waals surface area (Å²) in [6.45, 7) is 0. The van der Waals surface area contributed by atoms with Crippen molar-refractivity contribution in [2.24, 2.45) is 0 Å². The number of pyridine rings is 1. The van der Waals surface area contributed by atoms with E-state index in [-0.39, 0.29) is 5.91 Å². The Morgan fingerprint density at radius 3 is 2.74 bits per heavy atom. The van der Waals surface area contributed by atoms with Gasteiger partial charge in [-0.05, 0) is 35.9 Å². The summed E-state index contributed by atoms with van der Waals surface area (Å²) in [6.07, 6.45) is 4.69. The van der Waals surface area contributed by atoms with E-state index in [9.17, 15) is 4.79 Å². The minimum atomic E-state index is -0.256. The van der Waals surface area contributed by atoms with Crippen molar-refractivity contribution < 1.29 is 4.79 Å².